The highest BCUT2D eigenvalue weighted by Crippen LogP contribution is 2.33. The summed E-state index contributed by atoms with van der Waals surface area (Å²) in [6.07, 6.45) is 5.41. The quantitative estimate of drug-likeness (QED) is 0.785. The summed E-state index contributed by atoms with van der Waals surface area (Å²) in [6.45, 7) is 2.65. The number of methoxy groups -OCH3 is 2. The molecule has 1 aliphatic heterocycles. The minimum absolute atomic E-state index is 0.153. The molecule has 0 radical (unpaired) electrons. The topological polar surface area (TPSA) is 56.7 Å². The van der Waals surface area contributed by atoms with Gasteiger partial charge in [-0.3, -0.25) is 4.90 Å². The van der Waals surface area contributed by atoms with Gasteiger partial charge in [0.15, 0.2) is 0 Å². The summed E-state index contributed by atoms with van der Waals surface area (Å²) in [5, 5.41) is 0.595. The van der Waals surface area contributed by atoms with E-state index in [1.165, 1.54) is 0 Å². The number of halogens is 1. The zero-order valence-electron chi connectivity index (χ0n) is 14.4. The average molecular weight is 364 g/mol. The first-order chi connectivity index (χ1) is 12.2. The first-order valence-electron chi connectivity index (χ1n) is 8.26. The highest BCUT2D eigenvalue weighted by Gasteiger charge is 2.22. The minimum atomic E-state index is 0.153. The number of likely N-dealkylation sites (tertiary alicyclic amines) is 1. The van der Waals surface area contributed by atoms with Crippen molar-refractivity contribution in [1.82, 2.24) is 14.9 Å². The largest absolute Gasteiger partial charge is 0.496 e. The van der Waals surface area contributed by atoms with Gasteiger partial charge in [-0.05, 0) is 25.0 Å². The molecule has 1 aromatic heterocycles. The fraction of sp³-hybridized carbons (Fsp3) is 0.444. The van der Waals surface area contributed by atoms with Gasteiger partial charge in [0.1, 0.15) is 17.6 Å². The SMILES string of the molecule is COc1cc(OC)c(CN2CCC(Oc3ncccn3)CC2)cc1Cl. The summed E-state index contributed by atoms with van der Waals surface area (Å²) in [5.74, 6) is 1.41. The van der Waals surface area contributed by atoms with Crippen LogP contribution in [-0.2, 0) is 6.54 Å². The van der Waals surface area contributed by atoms with Crippen molar-refractivity contribution in [3.8, 4) is 17.5 Å². The summed E-state index contributed by atoms with van der Waals surface area (Å²) in [6, 6.07) is 5.98. The molecule has 3 rings (SSSR count). The van der Waals surface area contributed by atoms with E-state index in [4.69, 9.17) is 25.8 Å². The van der Waals surface area contributed by atoms with Gasteiger partial charge in [-0.15, -0.1) is 0 Å². The molecule has 1 fully saturated rings. The summed E-state index contributed by atoms with van der Waals surface area (Å²) >= 11 is 6.26. The lowest BCUT2D eigenvalue weighted by molar-refractivity contribution is 0.0888. The maximum atomic E-state index is 6.26. The lowest BCUT2D eigenvalue weighted by Crippen LogP contribution is -2.38. The molecule has 0 N–H and O–H groups in total. The summed E-state index contributed by atoms with van der Waals surface area (Å²) in [4.78, 5) is 10.6. The van der Waals surface area contributed by atoms with Crippen LogP contribution in [0.4, 0.5) is 0 Å². The van der Waals surface area contributed by atoms with E-state index in [1.807, 2.05) is 12.1 Å². The zero-order valence-corrected chi connectivity index (χ0v) is 15.2. The van der Waals surface area contributed by atoms with Gasteiger partial charge in [-0.25, -0.2) is 9.97 Å². The van der Waals surface area contributed by atoms with E-state index in [0.29, 0.717) is 16.8 Å². The Morgan fingerprint density at radius 1 is 1.08 bits per heavy atom. The predicted molar refractivity (Wildman–Crippen MR) is 95.5 cm³/mol. The molecule has 1 aromatic carbocycles. The van der Waals surface area contributed by atoms with Crippen LogP contribution in [-0.4, -0.2) is 48.3 Å². The molecule has 7 heteroatoms. The van der Waals surface area contributed by atoms with Crippen LogP contribution >= 0.6 is 11.6 Å². The maximum Gasteiger partial charge on any atom is 0.316 e. The Kier molecular flexibility index (Phi) is 5.94. The Morgan fingerprint density at radius 3 is 2.40 bits per heavy atom. The van der Waals surface area contributed by atoms with Crippen LogP contribution < -0.4 is 14.2 Å². The molecule has 6 nitrogen and oxygen atoms in total. The fourth-order valence-corrected chi connectivity index (χ4v) is 3.23. The van der Waals surface area contributed by atoms with Gasteiger partial charge in [0.25, 0.3) is 0 Å². The maximum absolute atomic E-state index is 6.26. The van der Waals surface area contributed by atoms with Crippen molar-refractivity contribution in [2.24, 2.45) is 0 Å². The van der Waals surface area contributed by atoms with Gasteiger partial charge >= 0.3 is 6.01 Å². The predicted octanol–water partition coefficient (Wildman–Crippen LogP) is 3.19. The standard InChI is InChI=1S/C18H22ClN3O3/c1-23-16-11-17(24-2)15(19)10-13(16)12-22-8-4-14(5-9-22)25-18-20-6-3-7-21-18/h3,6-7,10-11,14H,4-5,8-9,12H2,1-2H3. The van der Waals surface area contributed by atoms with Crippen LogP contribution in [0.2, 0.25) is 5.02 Å². The molecule has 0 bridgehead atoms. The molecule has 1 saturated heterocycles. The van der Waals surface area contributed by atoms with Crippen LogP contribution in [0.1, 0.15) is 18.4 Å². The van der Waals surface area contributed by atoms with Gasteiger partial charge in [-0.1, -0.05) is 11.6 Å². The Labute approximate surface area is 152 Å². The molecule has 0 amide bonds. The molecule has 25 heavy (non-hydrogen) atoms. The van der Waals surface area contributed by atoms with Gasteiger partial charge in [0, 0.05) is 43.7 Å². The molecule has 0 aliphatic carbocycles. The molecular formula is C18H22ClN3O3. The second-order valence-corrected chi connectivity index (χ2v) is 6.33. The molecule has 2 heterocycles. The van der Waals surface area contributed by atoms with E-state index in [9.17, 15) is 0 Å². The molecule has 0 saturated carbocycles. The number of ether oxygens (including phenoxy) is 3. The lowest BCUT2D eigenvalue weighted by atomic mass is 10.1. The van der Waals surface area contributed by atoms with E-state index >= 15 is 0 Å². The summed E-state index contributed by atoms with van der Waals surface area (Å²) in [7, 11) is 3.26. The molecule has 134 valence electrons. The third-order valence-electron chi connectivity index (χ3n) is 4.30. The Bertz CT molecular complexity index is 691. The third kappa shape index (κ3) is 4.52. The Balaban J connectivity index is 1.58. The van der Waals surface area contributed by atoms with Gasteiger partial charge in [-0.2, -0.15) is 0 Å². The van der Waals surface area contributed by atoms with Crippen LogP contribution in [0.5, 0.6) is 17.5 Å². The van der Waals surface area contributed by atoms with Crippen molar-refractivity contribution in [3.05, 3.63) is 41.2 Å². The van der Waals surface area contributed by atoms with Crippen LogP contribution in [0.3, 0.4) is 0 Å². The van der Waals surface area contributed by atoms with Gasteiger partial charge < -0.3 is 14.2 Å². The van der Waals surface area contributed by atoms with Crippen molar-refractivity contribution in [3.63, 3.8) is 0 Å². The van der Waals surface area contributed by atoms with Gasteiger partial charge in [0.05, 0.1) is 19.2 Å². The van der Waals surface area contributed by atoms with Crippen LogP contribution in [0, 0.1) is 0 Å². The zero-order chi connectivity index (χ0) is 17.6. The molecule has 0 spiro atoms. The Hall–Kier alpha value is -2.05. The van der Waals surface area contributed by atoms with Crippen molar-refractivity contribution in [2.45, 2.75) is 25.5 Å². The highest BCUT2D eigenvalue weighted by atomic mass is 35.5. The van der Waals surface area contributed by atoms with Crippen molar-refractivity contribution in [2.75, 3.05) is 27.3 Å². The molecular weight excluding hydrogens is 342 g/mol. The number of benzene rings is 1. The number of aromatic nitrogens is 2. The third-order valence-corrected chi connectivity index (χ3v) is 4.59. The van der Waals surface area contributed by atoms with E-state index < -0.39 is 0 Å². The van der Waals surface area contributed by atoms with E-state index in [0.717, 1.165) is 43.8 Å². The molecule has 0 unspecified atom stereocenters. The smallest absolute Gasteiger partial charge is 0.316 e. The molecule has 1 aliphatic rings. The second-order valence-electron chi connectivity index (χ2n) is 5.92. The summed E-state index contributed by atoms with van der Waals surface area (Å²) < 4.78 is 16.6. The first kappa shape index (κ1) is 17.8. The number of piperidine rings is 1. The van der Waals surface area contributed by atoms with Crippen molar-refractivity contribution >= 4 is 11.6 Å². The summed E-state index contributed by atoms with van der Waals surface area (Å²) in [5.41, 5.74) is 1.05. The number of rotatable bonds is 6. The average Bonchev–Trinajstić information content (AvgIpc) is 2.64. The van der Waals surface area contributed by atoms with E-state index in [2.05, 4.69) is 14.9 Å². The van der Waals surface area contributed by atoms with Crippen molar-refractivity contribution < 1.29 is 14.2 Å². The normalized spacial score (nSPS) is 15.8. The van der Waals surface area contributed by atoms with Crippen LogP contribution in [0.15, 0.2) is 30.6 Å². The fourth-order valence-electron chi connectivity index (χ4n) is 2.97. The first-order valence-corrected chi connectivity index (χ1v) is 8.64. The van der Waals surface area contributed by atoms with Crippen molar-refractivity contribution in [1.29, 1.82) is 0 Å². The lowest BCUT2D eigenvalue weighted by Gasteiger charge is -2.32. The van der Waals surface area contributed by atoms with E-state index in [1.54, 1.807) is 32.7 Å². The van der Waals surface area contributed by atoms with E-state index in [-0.39, 0.29) is 6.10 Å². The number of nitrogens with zero attached hydrogens (tertiary/aromatic N) is 3. The minimum Gasteiger partial charge on any atom is -0.496 e. The Morgan fingerprint density at radius 2 is 1.76 bits per heavy atom. The molecule has 0 atom stereocenters. The molecule has 2 aromatic rings. The monoisotopic (exact) mass is 363 g/mol. The number of hydrogen-bond donors (Lipinski definition) is 0. The van der Waals surface area contributed by atoms with Gasteiger partial charge in [0.2, 0.25) is 0 Å². The number of hydrogen-bond acceptors (Lipinski definition) is 6. The highest BCUT2D eigenvalue weighted by molar-refractivity contribution is 6.32. The van der Waals surface area contributed by atoms with Crippen LogP contribution in [0.25, 0.3) is 0 Å². The second kappa shape index (κ2) is 8.36.